The minimum absolute atomic E-state index is 0.280. The number of carbonyl (C=O) groups excluding carboxylic acids is 1. The van der Waals surface area contributed by atoms with Crippen molar-refractivity contribution in [2.24, 2.45) is 5.73 Å². The number of benzene rings is 1. The number of carbonyl (C=O) groups is 1. The molecule has 2 nitrogen and oxygen atoms in total. The van der Waals surface area contributed by atoms with Crippen LogP contribution in [0.5, 0.6) is 0 Å². The van der Waals surface area contributed by atoms with E-state index >= 15 is 0 Å². The van der Waals surface area contributed by atoms with E-state index in [9.17, 15) is 22.4 Å². The third-order valence-corrected chi connectivity index (χ3v) is 2.56. The standard InChI is InChI=1S/C10H8ClF4NO/c1-9(16,10(13,14)15)8(17)6-4-5(12)2-3-7(6)11/h2-4H,16H2,1H3. The van der Waals surface area contributed by atoms with Gasteiger partial charge in [-0.25, -0.2) is 4.39 Å². The van der Waals surface area contributed by atoms with E-state index in [1.807, 2.05) is 0 Å². The monoisotopic (exact) mass is 269 g/mol. The van der Waals surface area contributed by atoms with Crippen LogP contribution < -0.4 is 5.73 Å². The maximum atomic E-state index is 12.9. The molecule has 0 heterocycles. The molecule has 94 valence electrons. The molecule has 0 saturated heterocycles. The largest absolute Gasteiger partial charge is 0.413 e. The second-order valence-electron chi connectivity index (χ2n) is 3.65. The highest BCUT2D eigenvalue weighted by atomic mass is 35.5. The Labute approximate surface area is 99.4 Å². The van der Waals surface area contributed by atoms with E-state index in [0.29, 0.717) is 13.0 Å². The van der Waals surface area contributed by atoms with Gasteiger partial charge in [-0.05, 0) is 25.1 Å². The highest BCUT2D eigenvalue weighted by Crippen LogP contribution is 2.32. The molecule has 0 spiro atoms. The summed E-state index contributed by atoms with van der Waals surface area (Å²) >= 11 is 5.54. The van der Waals surface area contributed by atoms with Crippen LogP contribution in [0, 0.1) is 5.82 Å². The van der Waals surface area contributed by atoms with Gasteiger partial charge in [-0.2, -0.15) is 13.2 Å². The van der Waals surface area contributed by atoms with Crippen LogP contribution >= 0.6 is 11.6 Å². The smallest absolute Gasteiger partial charge is 0.311 e. The Bertz CT molecular complexity index is 456. The average molecular weight is 270 g/mol. The number of alkyl halides is 3. The lowest BCUT2D eigenvalue weighted by Crippen LogP contribution is -2.57. The van der Waals surface area contributed by atoms with E-state index in [0.717, 1.165) is 12.1 Å². The molecular weight excluding hydrogens is 262 g/mol. The van der Waals surface area contributed by atoms with Gasteiger partial charge in [0.2, 0.25) is 0 Å². The van der Waals surface area contributed by atoms with Crippen LogP contribution in [0.15, 0.2) is 18.2 Å². The average Bonchev–Trinajstić information content (AvgIpc) is 2.19. The predicted octanol–water partition coefficient (Wildman–Crippen LogP) is 2.94. The summed E-state index contributed by atoms with van der Waals surface area (Å²) in [4.78, 5) is 11.6. The van der Waals surface area contributed by atoms with Crippen LogP contribution in [0.2, 0.25) is 5.02 Å². The zero-order valence-corrected chi connectivity index (χ0v) is 9.36. The van der Waals surface area contributed by atoms with Gasteiger partial charge in [0.15, 0.2) is 11.3 Å². The number of hydrogen-bond acceptors (Lipinski definition) is 2. The molecule has 1 aromatic carbocycles. The highest BCUT2D eigenvalue weighted by Gasteiger charge is 2.54. The van der Waals surface area contributed by atoms with Gasteiger partial charge in [0.05, 0.1) is 5.02 Å². The Morgan fingerprint density at radius 3 is 2.35 bits per heavy atom. The molecule has 0 aliphatic heterocycles. The molecule has 1 atom stereocenters. The summed E-state index contributed by atoms with van der Waals surface area (Å²) < 4.78 is 50.4. The molecule has 0 saturated carbocycles. The summed E-state index contributed by atoms with van der Waals surface area (Å²) in [5.41, 5.74) is 1.24. The normalized spacial score (nSPS) is 15.5. The molecule has 1 unspecified atom stereocenters. The van der Waals surface area contributed by atoms with Crippen LogP contribution in [0.1, 0.15) is 17.3 Å². The molecular formula is C10H8ClF4NO. The van der Waals surface area contributed by atoms with E-state index in [2.05, 4.69) is 0 Å². The van der Waals surface area contributed by atoms with Gasteiger partial charge in [-0.15, -0.1) is 0 Å². The Morgan fingerprint density at radius 2 is 1.88 bits per heavy atom. The molecule has 0 bridgehead atoms. The number of Topliss-reactive ketones (excluding diaryl/α,β-unsaturated/α-hetero) is 1. The van der Waals surface area contributed by atoms with Crippen LogP contribution in [-0.2, 0) is 0 Å². The topological polar surface area (TPSA) is 43.1 Å². The van der Waals surface area contributed by atoms with E-state index in [4.69, 9.17) is 17.3 Å². The Morgan fingerprint density at radius 1 is 1.35 bits per heavy atom. The minimum atomic E-state index is -4.94. The second-order valence-corrected chi connectivity index (χ2v) is 4.06. The molecule has 17 heavy (non-hydrogen) atoms. The van der Waals surface area contributed by atoms with Crippen molar-refractivity contribution in [3.05, 3.63) is 34.6 Å². The van der Waals surface area contributed by atoms with Gasteiger partial charge < -0.3 is 5.73 Å². The molecule has 7 heteroatoms. The summed E-state index contributed by atoms with van der Waals surface area (Å²) in [5.74, 6) is -2.34. The fourth-order valence-electron chi connectivity index (χ4n) is 1.08. The number of hydrogen-bond donors (Lipinski definition) is 1. The summed E-state index contributed by atoms with van der Waals surface area (Å²) in [6, 6.07) is 2.55. The first kappa shape index (κ1) is 13.9. The van der Waals surface area contributed by atoms with Crippen molar-refractivity contribution in [3.63, 3.8) is 0 Å². The summed E-state index contributed by atoms with van der Waals surface area (Å²) in [5, 5.41) is -0.280. The molecule has 0 fully saturated rings. The summed E-state index contributed by atoms with van der Waals surface area (Å²) in [6.07, 6.45) is -4.94. The van der Waals surface area contributed by atoms with Crippen LogP contribution in [0.4, 0.5) is 17.6 Å². The number of halogens is 5. The van der Waals surface area contributed by atoms with E-state index < -0.39 is 28.9 Å². The summed E-state index contributed by atoms with van der Waals surface area (Å²) in [7, 11) is 0. The van der Waals surface area contributed by atoms with Gasteiger partial charge in [-0.3, -0.25) is 4.79 Å². The summed E-state index contributed by atoms with van der Waals surface area (Å²) in [6.45, 7) is 0.510. The maximum Gasteiger partial charge on any atom is 0.413 e. The van der Waals surface area contributed by atoms with E-state index in [1.54, 1.807) is 0 Å². The number of nitrogens with two attached hydrogens (primary N) is 1. The molecule has 0 aliphatic carbocycles. The molecule has 0 aromatic heterocycles. The predicted molar refractivity (Wildman–Crippen MR) is 54.4 cm³/mol. The Hall–Kier alpha value is -1.14. The molecule has 0 aliphatic rings. The quantitative estimate of drug-likeness (QED) is 0.663. The third kappa shape index (κ3) is 2.58. The maximum absolute atomic E-state index is 12.9. The first-order valence-corrected chi connectivity index (χ1v) is 4.80. The van der Waals surface area contributed by atoms with E-state index in [1.165, 1.54) is 0 Å². The van der Waals surface area contributed by atoms with Gasteiger partial charge in [0.25, 0.3) is 0 Å². The first-order chi connectivity index (χ1) is 7.57. The van der Waals surface area contributed by atoms with Crippen molar-refractivity contribution in [3.8, 4) is 0 Å². The number of ketones is 1. The lowest BCUT2D eigenvalue weighted by Gasteiger charge is -2.26. The lowest BCUT2D eigenvalue weighted by atomic mass is 9.91. The zero-order chi connectivity index (χ0) is 13.4. The van der Waals surface area contributed by atoms with Crippen LogP contribution in [0.3, 0.4) is 0 Å². The Balaban J connectivity index is 3.26. The zero-order valence-electron chi connectivity index (χ0n) is 8.61. The lowest BCUT2D eigenvalue weighted by molar-refractivity contribution is -0.165. The number of rotatable bonds is 2. The molecule has 1 aromatic rings. The molecule has 0 radical (unpaired) electrons. The molecule has 1 rings (SSSR count). The fraction of sp³-hybridized carbons (Fsp3) is 0.300. The van der Waals surface area contributed by atoms with Crippen LogP contribution in [-0.4, -0.2) is 17.5 Å². The first-order valence-electron chi connectivity index (χ1n) is 4.43. The van der Waals surface area contributed by atoms with E-state index in [-0.39, 0.29) is 5.02 Å². The van der Waals surface area contributed by atoms with Gasteiger partial charge >= 0.3 is 6.18 Å². The Kier molecular flexibility index (Phi) is 3.50. The SMILES string of the molecule is CC(N)(C(=O)c1cc(F)ccc1Cl)C(F)(F)F. The van der Waals surface area contributed by atoms with Crippen LogP contribution in [0.25, 0.3) is 0 Å². The molecule has 0 amide bonds. The molecule has 2 N–H and O–H groups in total. The van der Waals surface area contributed by atoms with Crippen molar-refractivity contribution in [2.75, 3.05) is 0 Å². The van der Waals surface area contributed by atoms with Crippen molar-refractivity contribution in [1.82, 2.24) is 0 Å². The minimum Gasteiger partial charge on any atom is -0.311 e. The van der Waals surface area contributed by atoms with Crippen molar-refractivity contribution < 1.29 is 22.4 Å². The van der Waals surface area contributed by atoms with Crippen molar-refractivity contribution >= 4 is 17.4 Å². The van der Waals surface area contributed by atoms with Gasteiger partial charge in [0.1, 0.15) is 5.82 Å². The second kappa shape index (κ2) is 4.27. The van der Waals surface area contributed by atoms with Crippen molar-refractivity contribution in [2.45, 2.75) is 18.6 Å². The highest BCUT2D eigenvalue weighted by molar-refractivity contribution is 6.34. The fourth-order valence-corrected chi connectivity index (χ4v) is 1.28. The van der Waals surface area contributed by atoms with Gasteiger partial charge in [-0.1, -0.05) is 11.6 Å². The van der Waals surface area contributed by atoms with Gasteiger partial charge in [0, 0.05) is 5.56 Å². The third-order valence-electron chi connectivity index (χ3n) is 2.23. The van der Waals surface area contributed by atoms with Crippen molar-refractivity contribution in [1.29, 1.82) is 0 Å².